The maximum absolute atomic E-state index is 8.09. The second-order valence-electron chi connectivity index (χ2n) is 4.58. The Kier molecular flexibility index (Phi) is 3.20. The molecule has 0 aromatic heterocycles. The summed E-state index contributed by atoms with van der Waals surface area (Å²) < 4.78 is 0. The van der Waals surface area contributed by atoms with E-state index in [0.29, 0.717) is 0 Å². The van der Waals surface area contributed by atoms with E-state index in [0.717, 1.165) is 18.1 Å². The van der Waals surface area contributed by atoms with Crippen LogP contribution in [0, 0.1) is 17.4 Å². The third-order valence-electron chi connectivity index (χ3n) is 3.49. The number of hydrogen-bond acceptors (Lipinski definition) is 1. The summed E-state index contributed by atoms with van der Waals surface area (Å²) in [6.45, 7) is 2.13. The zero-order valence-corrected chi connectivity index (χ0v) is 9.29. The molecular weight excluding hydrogens is 182 g/mol. The van der Waals surface area contributed by atoms with Crippen molar-refractivity contribution >= 4 is 5.71 Å². The molecule has 0 saturated heterocycles. The summed E-state index contributed by atoms with van der Waals surface area (Å²) in [5.74, 6) is 1.07. The van der Waals surface area contributed by atoms with Crippen molar-refractivity contribution in [1.82, 2.24) is 0 Å². The van der Waals surface area contributed by atoms with Crippen LogP contribution in [0.5, 0.6) is 0 Å². The summed E-state index contributed by atoms with van der Waals surface area (Å²) in [5, 5.41) is 8.09. The van der Waals surface area contributed by atoms with Gasteiger partial charge in [0, 0.05) is 11.6 Å². The maximum atomic E-state index is 8.09. The van der Waals surface area contributed by atoms with Gasteiger partial charge in [0.15, 0.2) is 0 Å². The van der Waals surface area contributed by atoms with Crippen molar-refractivity contribution in [2.75, 3.05) is 0 Å². The number of hydrogen-bond donors (Lipinski definition) is 1. The van der Waals surface area contributed by atoms with E-state index in [4.69, 9.17) is 5.41 Å². The Morgan fingerprint density at radius 2 is 2.40 bits per heavy atom. The summed E-state index contributed by atoms with van der Waals surface area (Å²) in [6.07, 6.45) is 5.02. The zero-order valence-electron chi connectivity index (χ0n) is 9.29. The highest BCUT2D eigenvalue weighted by atomic mass is 14.5. The van der Waals surface area contributed by atoms with Gasteiger partial charge < -0.3 is 5.41 Å². The molecule has 0 heterocycles. The Morgan fingerprint density at radius 3 is 2.93 bits per heavy atom. The van der Waals surface area contributed by atoms with Crippen molar-refractivity contribution in [3.63, 3.8) is 0 Å². The highest BCUT2D eigenvalue weighted by Gasteiger charge is 2.21. The molecule has 1 nitrogen and oxygen atoms in total. The van der Waals surface area contributed by atoms with E-state index in [2.05, 4.69) is 19.1 Å². The molecule has 0 amide bonds. The third kappa shape index (κ3) is 2.47. The van der Waals surface area contributed by atoms with Gasteiger partial charge in [-0.25, -0.2) is 0 Å². The van der Waals surface area contributed by atoms with Gasteiger partial charge in [-0.1, -0.05) is 50.5 Å². The molecule has 0 aliphatic heterocycles. The topological polar surface area (TPSA) is 23.9 Å². The molecule has 79 valence electrons. The second kappa shape index (κ2) is 4.61. The van der Waals surface area contributed by atoms with Crippen LogP contribution in [-0.4, -0.2) is 5.71 Å². The van der Waals surface area contributed by atoms with Crippen LogP contribution in [0.4, 0.5) is 0 Å². The molecule has 1 atom stereocenters. The van der Waals surface area contributed by atoms with Crippen molar-refractivity contribution in [3.05, 3.63) is 35.9 Å². The fourth-order valence-corrected chi connectivity index (χ4v) is 2.06. The molecule has 1 aliphatic rings. The van der Waals surface area contributed by atoms with Gasteiger partial charge in [-0.2, -0.15) is 0 Å². The third-order valence-corrected chi connectivity index (χ3v) is 3.49. The lowest BCUT2D eigenvalue weighted by molar-refractivity contribution is 0.325. The molecule has 0 bridgehead atoms. The van der Waals surface area contributed by atoms with E-state index >= 15 is 0 Å². The number of nitrogens with one attached hydrogen (secondary N) is 1. The second-order valence-corrected chi connectivity index (χ2v) is 4.58. The summed E-state index contributed by atoms with van der Waals surface area (Å²) in [6, 6.07) is 11.1. The molecule has 1 N–H and O–H groups in total. The molecular formula is C14H18N. The Balaban J connectivity index is 1.94. The lowest BCUT2D eigenvalue weighted by Crippen LogP contribution is -2.18. The molecule has 1 aliphatic carbocycles. The summed E-state index contributed by atoms with van der Waals surface area (Å²) in [7, 11) is 0. The number of rotatable bonds is 4. The van der Waals surface area contributed by atoms with Crippen LogP contribution in [0.15, 0.2) is 24.3 Å². The molecule has 1 aromatic rings. The first-order valence-corrected chi connectivity index (χ1v) is 5.80. The fraction of sp³-hybridized carbons (Fsp3) is 0.500. The van der Waals surface area contributed by atoms with Gasteiger partial charge in [0.1, 0.15) is 0 Å². The lowest BCUT2D eigenvalue weighted by atomic mass is 9.79. The normalized spacial score (nSPS) is 18.2. The Hall–Kier alpha value is -1.11. The molecule has 1 heteroatoms. The monoisotopic (exact) mass is 200 g/mol. The molecule has 15 heavy (non-hydrogen) atoms. The van der Waals surface area contributed by atoms with Crippen LogP contribution in [0.2, 0.25) is 0 Å². The summed E-state index contributed by atoms with van der Waals surface area (Å²) >= 11 is 0. The Morgan fingerprint density at radius 1 is 1.60 bits per heavy atom. The largest absolute Gasteiger partial charge is 0.309 e. The van der Waals surface area contributed by atoms with Crippen LogP contribution in [0.25, 0.3) is 0 Å². The van der Waals surface area contributed by atoms with Gasteiger partial charge in [0.25, 0.3) is 0 Å². The van der Waals surface area contributed by atoms with Gasteiger partial charge in [0.2, 0.25) is 0 Å². The molecule has 1 saturated carbocycles. The SMILES string of the molecule is C[C@@H](C(=N)CC1CCC1)c1c[c]ccc1. The highest BCUT2D eigenvalue weighted by Crippen LogP contribution is 2.32. The first-order valence-electron chi connectivity index (χ1n) is 5.80. The van der Waals surface area contributed by atoms with Crippen molar-refractivity contribution in [2.45, 2.75) is 38.5 Å². The van der Waals surface area contributed by atoms with Crippen molar-refractivity contribution in [1.29, 1.82) is 5.41 Å². The van der Waals surface area contributed by atoms with Gasteiger partial charge in [0.05, 0.1) is 0 Å². The van der Waals surface area contributed by atoms with E-state index < -0.39 is 0 Å². The van der Waals surface area contributed by atoms with Crippen LogP contribution in [-0.2, 0) is 0 Å². The van der Waals surface area contributed by atoms with Crippen LogP contribution < -0.4 is 0 Å². The Bertz CT molecular complexity index is 324. The molecule has 1 radical (unpaired) electrons. The standard InChI is InChI=1S/C14H18N/c1-11(13-8-3-2-4-9-13)14(15)10-12-6-5-7-12/h2-3,8-9,11-12,15H,5-7,10H2,1H3/t11-/m1/s1. The fourth-order valence-electron chi connectivity index (χ4n) is 2.06. The van der Waals surface area contributed by atoms with Crippen LogP contribution in [0.1, 0.15) is 44.1 Å². The first kappa shape index (κ1) is 10.4. The predicted molar refractivity (Wildman–Crippen MR) is 63.4 cm³/mol. The van der Waals surface area contributed by atoms with Crippen LogP contribution >= 0.6 is 0 Å². The minimum atomic E-state index is 0.267. The predicted octanol–water partition coefficient (Wildman–Crippen LogP) is 3.80. The minimum absolute atomic E-state index is 0.267. The van der Waals surface area contributed by atoms with E-state index in [-0.39, 0.29) is 5.92 Å². The van der Waals surface area contributed by atoms with Gasteiger partial charge in [-0.3, -0.25) is 0 Å². The van der Waals surface area contributed by atoms with E-state index in [1.165, 1.54) is 24.8 Å². The van der Waals surface area contributed by atoms with Crippen molar-refractivity contribution in [3.8, 4) is 0 Å². The quantitative estimate of drug-likeness (QED) is 0.715. The minimum Gasteiger partial charge on any atom is -0.309 e. The number of benzene rings is 1. The molecule has 1 aromatic carbocycles. The maximum Gasteiger partial charge on any atom is 0.0188 e. The molecule has 2 rings (SSSR count). The Labute approximate surface area is 92.0 Å². The van der Waals surface area contributed by atoms with Crippen molar-refractivity contribution < 1.29 is 0 Å². The zero-order chi connectivity index (χ0) is 10.7. The first-order chi connectivity index (χ1) is 7.27. The van der Waals surface area contributed by atoms with Gasteiger partial charge >= 0.3 is 0 Å². The van der Waals surface area contributed by atoms with E-state index in [1.54, 1.807) is 0 Å². The smallest absolute Gasteiger partial charge is 0.0188 e. The molecule has 1 fully saturated rings. The summed E-state index contributed by atoms with van der Waals surface area (Å²) in [5.41, 5.74) is 2.11. The molecule has 0 unspecified atom stereocenters. The van der Waals surface area contributed by atoms with Gasteiger partial charge in [-0.05, 0) is 24.0 Å². The van der Waals surface area contributed by atoms with E-state index in [1.807, 2.05) is 18.2 Å². The average molecular weight is 200 g/mol. The van der Waals surface area contributed by atoms with Crippen LogP contribution in [0.3, 0.4) is 0 Å². The summed E-state index contributed by atoms with van der Waals surface area (Å²) in [4.78, 5) is 0. The van der Waals surface area contributed by atoms with Crippen molar-refractivity contribution in [2.24, 2.45) is 5.92 Å². The van der Waals surface area contributed by atoms with Gasteiger partial charge in [-0.15, -0.1) is 0 Å². The average Bonchev–Trinajstić information content (AvgIpc) is 2.23. The van der Waals surface area contributed by atoms with E-state index in [9.17, 15) is 0 Å². The highest BCUT2D eigenvalue weighted by molar-refractivity contribution is 5.88. The lowest BCUT2D eigenvalue weighted by Gasteiger charge is -2.27. The molecule has 0 spiro atoms.